The summed E-state index contributed by atoms with van der Waals surface area (Å²) in [4.78, 5) is 0. The minimum Gasteiger partial charge on any atom is -0.507 e. The van der Waals surface area contributed by atoms with Crippen LogP contribution in [0, 0.1) is 0 Å². The lowest BCUT2D eigenvalue weighted by Gasteiger charge is -2.14. The number of aromatic hydroxyl groups is 2. The Morgan fingerprint density at radius 2 is 1.41 bits per heavy atom. The van der Waals surface area contributed by atoms with Crippen LogP contribution in [0.3, 0.4) is 0 Å². The molecule has 114 valence electrons. The SMILES string of the molecule is Oc1cc(C=Cc2ccc(Br)cc2)cc(O)c1C1CCCC1. The lowest BCUT2D eigenvalue weighted by molar-refractivity contribution is 0.428. The lowest BCUT2D eigenvalue weighted by atomic mass is 9.94. The molecule has 1 fully saturated rings. The first-order valence-corrected chi connectivity index (χ1v) is 8.42. The zero-order chi connectivity index (χ0) is 15.5. The molecule has 1 aliphatic rings. The largest absolute Gasteiger partial charge is 0.507 e. The van der Waals surface area contributed by atoms with Crippen molar-refractivity contribution >= 4 is 28.1 Å². The van der Waals surface area contributed by atoms with Crippen molar-refractivity contribution in [2.45, 2.75) is 31.6 Å². The average Bonchev–Trinajstić information content (AvgIpc) is 3.00. The summed E-state index contributed by atoms with van der Waals surface area (Å²) in [5, 5.41) is 20.5. The highest BCUT2D eigenvalue weighted by Gasteiger charge is 2.23. The third-order valence-corrected chi connectivity index (χ3v) is 4.79. The highest BCUT2D eigenvalue weighted by molar-refractivity contribution is 9.10. The molecule has 1 saturated carbocycles. The summed E-state index contributed by atoms with van der Waals surface area (Å²) < 4.78 is 1.04. The van der Waals surface area contributed by atoms with E-state index in [4.69, 9.17) is 0 Å². The molecule has 0 aliphatic heterocycles. The summed E-state index contributed by atoms with van der Waals surface area (Å²) >= 11 is 3.41. The molecule has 22 heavy (non-hydrogen) atoms. The van der Waals surface area contributed by atoms with Crippen LogP contribution < -0.4 is 0 Å². The summed E-state index contributed by atoms with van der Waals surface area (Å²) in [6.07, 6.45) is 8.32. The standard InChI is InChI=1S/C19H19BrO2/c20-16-9-7-13(8-10-16)5-6-14-11-17(21)19(18(22)12-14)15-3-1-2-4-15/h5-12,15,21-22H,1-4H2. The topological polar surface area (TPSA) is 40.5 Å². The van der Waals surface area contributed by atoms with Crippen LogP contribution in [-0.2, 0) is 0 Å². The molecule has 0 radical (unpaired) electrons. The van der Waals surface area contributed by atoms with Crippen molar-refractivity contribution in [3.05, 3.63) is 57.6 Å². The van der Waals surface area contributed by atoms with Crippen LogP contribution in [0.25, 0.3) is 12.2 Å². The second kappa shape index (κ2) is 6.57. The van der Waals surface area contributed by atoms with Gasteiger partial charge in [0.05, 0.1) is 0 Å². The Balaban J connectivity index is 1.84. The molecule has 0 atom stereocenters. The van der Waals surface area contributed by atoms with Gasteiger partial charge in [0.15, 0.2) is 0 Å². The van der Waals surface area contributed by atoms with Crippen LogP contribution >= 0.6 is 15.9 Å². The molecule has 3 heteroatoms. The van der Waals surface area contributed by atoms with E-state index < -0.39 is 0 Å². The fourth-order valence-electron chi connectivity index (χ4n) is 3.14. The van der Waals surface area contributed by atoms with E-state index in [1.165, 1.54) is 12.8 Å². The summed E-state index contributed by atoms with van der Waals surface area (Å²) in [7, 11) is 0. The fraction of sp³-hybridized carbons (Fsp3) is 0.263. The maximum absolute atomic E-state index is 10.3. The highest BCUT2D eigenvalue weighted by Crippen LogP contribution is 2.43. The number of phenolic OH excluding ortho intramolecular Hbond substituents is 2. The molecule has 2 N–H and O–H groups in total. The molecule has 2 aromatic carbocycles. The maximum Gasteiger partial charge on any atom is 0.123 e. The predicted octanol–water partition coefficient (Wildman–Crippen LogP) is 5.69. The van der Waals surface area contributed by atoms with Gasteiger partial charge < -0.3 is 10.2 Å². The summed E-state index contributed by atoms with van der Waals surface area (Å²) in [5.41, 5.74) is 2.60. The van der Waals surface area contributed by atoms with Gasteiger partial charge in [-0.25, -0.2) is 0 Å². The molecule has 2 aromatic rings. The summed E-state index contributed by atoms with van der Waals surface area (Å²) in [6.45, 7) is 0. The van der Waals surface area contributed by atoms with Crippen LogP contribution in [0.2, 0.25) is 0 Å². The third-order valence-electron chi connectivity index (χ3n) is 4.26. The van der Waals surface area contributed by atoms with Crippen molar-refractivity contribution in [3.8, 4) is 11.5 Å². The first-order chi connectivity index (χ1) is 10.6. The number of benzene rings is 2. The highest BCUT2D eigenvalue weighted by atomic mass is 79.9. The first-order valence-electron chi connectivity index (χ1n) is 7.63. The van der Waals surface area contributed by atoms with E-state index in [-0.39, 0.29) is 11.5 Å². The van der Waals surface area contributed by atoms with E-state index in [0.717, 1.165) is 34.0 Å². The Morgan fingerprint density at radius 1 is 0.864 bits per heavy atom. The monoisotopic (exact) mass is 358 g/mol. The van der Waals surface area contributed by atoms with E-state index in [0.29, 0.717) is 5.92 Å². The second-order valence-electron chi connectivity index (χ2n) is 5.84. The minimum absolute atomic E-state index is 0.211. The molecular weight excluding hydrogens is 340 g/mol. The number of hydrogen-bond acceptors (Lipinski definition) is 2. The van der Waals surface area contributed by atoms with Gasteiger partial charge in [-0.1, -0.05) is 53.1 Å². The van der Waals surface area contributed by atoms with Crippen LogP contribution in [0.5, 0.6) is 11.5 Å². The van der Waals surface area contributed by atoms with Gasteiger partial charge in [-0.2, -0.15) is 0 Å². The smallest absolute Gasteiger partial charge is 0.123 e. The lowest BCUT2D eigenvalue weighted by Crippen LogP contribution is -1.94. The van der Waals surface area contributed by atoms with Gasteiger partial charge in [-0.05, 0) is 54.2 Å². The Bertz CT molecular complexity index is 660. The molecule has 0 amide bonds. The number of phenols is 2. The molecule has 3 rings (SSSR count). The maximum atomic E-state index is 10.3. The molecule has 0 bridgehead atoms. The molecule has 2 nitrogen and oxygen atoms in total. The van der Waals surface area contributed by atoms with E-state index >= 15 is 0 Å². The van der Waals surface area contributed by atoms with Crippen molar-refractivity contribution in [1.29, 1.82) is 0 Å². The van der Waals surface area contributed by atoms with Crippen LogP contribution in [0.1, 0.15) is 48.3 Å². The second-order valence-corrected chi connectivity index (χ2v) is 6.75. The minimum atomic E-state index is 0.211. The van der Waals surface area contributed by atoms with Crippen LogP contribution in [0.4, 0.5) is 0 Å². The summed E-state index contributed by atoms with van der Waals surface area (Å²) in [5.74, 6) is 0.717. The van der Waals surface area contributed by atoms with Gasteiger partial charge in [-0.15, -0.1) is 0 Å². The van der Waals surface area contributed by atoms with Crippen molar-refractivity contribution in [2.75, 3.05) is 0 Å². The molecule has 0 aromatic heterocycles. The molecule has 0 heterocycles. The van der Waals surface area contributed by atoms with Gasteiger partial charge in [0.1, 0.15) is 11.5 Å². The Morgan fingerprint density at radius 3 is 2.00 bits per heavy atom. The van der Waals surface area contributed by atoms with Crippen molar-refractivity contribution in [1.82, 2.24) is 0 Å². The van der Waals surface area contributed by atoms with Gasteiger partial charge in [0.25, 0.3) is 0 Å². The van der Waals surface area contributed by atoms with Gasteiger partial charge in [-0.3, -0.25) is 0 Å². The zero-order valence-corrected chi connectivity index (χ0v) is 13.9. The van der Waals surface area contributed by atoms with Crippen molar-refractivity contribution in [3.63, 3.8) is 0 Å². The molecule has 1 aliphatic carbocycles. The quantitative estimate of drug-likeness (QED) is 0.692. The number of hydrogen-bond donors (Lipinski definition) is 2. The van der Waals surface area contributed by atoms with Crippen LogP contribution in [-0.4, -0.2) is 10.2 Å². The Labute approximate surface area is 139 Å². The van der Waals surface area contributed by atoms with Gasteiger partial charge in [0, 0.05) is 10.0 Å². The molecule has 0 saturated heterocycles. The molecule has 0 spiro atoms. The predicted molar refractivity (Wildman–Crippen MR) is 94.1 cm³/mol. The van der Waals surface area contributed by atoms with E-state index in [2.05, 4.69) is 15.9 Å². The van der Waals surface area contributed by atoms with E-state index in [9.17, 15) is 10.2 Å². The van der Waals surface area contributed by atoms with Gasteiger partial charge in [0.2, 0.25) is 0 Å². The summed E-state index contributed by atoms with van der Waals surface area (Å²) in [6, 6.07) is 11.5. The number of halogens is 1. The Hall–Kier alpha value is -1.74. The Kier molecular flexibility index (Phi) is 4.53. The molecular formula is C19H19BrO2. The fourth-order valence-corrected chi connectivity index (χ4v) is 3.40. The average molecular weight is 359 g/mol. The first kappa shape index (κ1) is 15.2. The zero-order valence-electron chi connectivity index (χ0n) is 12.3. The van der Waals surface area contributed by atoms with Crippen LogP contribution in [0.15, 0.2) is 40.9 Å². The van der Waals surface area contributed by atoms with E-state index in [1.807, 2.05) is 36.4 Å². The van der Waals surface area contributed by atoms with Crippen molar-refractivity contribution in [2.24, 2.45) is 0 Å². The normalized spacial score (nSPS) is 15.7. The van der Waals surface area contributed by atoms with E-state index in [1.54, 1.807) is 12.1 Å². The number of rotatable bonds is 3. The van der Waals surface area contributed by atoms with Gasteiger partial charge >= 0.3 is 0 Å². The molecule has 0 unspecified atom stereocenters. The van der Waals surface area contributed by atoms with Crippen molar-refractivity contribution < 1.29 is 10.2 Å². The third kappa shape index (κ3) is 3.36.